The lowest BCUT2D eigenvalue weighted by atomic mass is 10.3. The van der Waals surface area contributed by atoms with Crippen molar-refractivity contribution >= 4 is 11.6 Å². The highest BCUT2D eigenvalue weighted by Gasteiger charge is 2.14. The summed E-state index contributed by atoms with van der Waals surface area (Å²) in [6.45, 7) is 0.142. The maximum atomic E-state index is 9.20. The highest BCUT2D eigenvalue weighted by molar-refractivity contribution is 5.60. The van der Waals surface area contributed by atoms with Crippen LogP contribution in [0.2, 0.25) is 0 Å². The fourth-order valence-electron chi connectivity index (χ4n) is 2.05. The molecule has 2 aromatic carbocycles. The molecule has 1 aromatic heterocycles. The normalized spacial score (nSPS) is 10.0. The van der Waals surface area contributed by atoms with E-state index in [2.05, 4.69) is 10.3 Å². The number of nitriles is 1. The Morgan fingerprint density at radius 1 is 1.08 bits per heavy atom. The van der Waals surface area contributed by atoms with Gasteiger partial charge in [0.15, 0.2) is 6.61 Å². The van der Waals surface area contributed by atoms with Gasteiger partial charge < -0.3 is 19.2 Å². The maximum Gasteiger partial charge on any atom is 0.236 e. The van der Waals surface area contributed by atoms with E-state index in [-0.39, 0.29) is 18.2 Å². The number of methoxy groups -OCH3 is 1. The van der Waals surface area contributed by atoms with E-state index < -0.39 is 0 Å². The molecule has 3 aromatic rings. The van der Waals surface area contributed by atoms with E-state index in [1.807, 2.05) is 60.7 Å². The van der Waals surface area contributed by atoms with Crippen LogP contribution in [-0.4, -0.2) is 12.1 Å². The third kappa shape index (κ3) is 3.65. The number of hydrogen-bond donors (Lipinski definition) is 1. The molecule has 24 heavy (non-hydrogen) atoms. The minimum absolute atomic E-state index is 0.142. The monoisotopic (exact) mass is 321 g/mol. The van der Waals surface area contributed by atoms with Crippen molar-refractivity contribution in [2.75, 3.05) is 12.4 Å². The lowest BCUT2D eigenvalue weighted by Crippen LogP contribution is -1.95. The predicted octanol–water partition coefficient (Wildman–Crippen LogP) is 3.88. The minimum atomic E-state index is 0.142. The molecule has 120 valence electrons. The molecule has 0 saturated heterocycles. The van der Waals surface area contributed by atoms with Crippen LogP contribution in [0.4, 0.5) is 11.6 Å². The standard InChI is InChI=1S/C18H15N3O3/c1-22-14-9-7-13(8-10-14)20-18-16(11-19)21-17(24-18)12-23-15-5-3-2-4-6-15/h2-10,20H,12H2,1H3. The smallest absolute Gasteiger partial charge is 0.236 e. The van der Waals surface area contributed by atoms with Crippen LogP contribution in [0.15, 0.2) is 59.0 Å². The van der Waals surface area contributed by atoms with E-state index in [9.17, 15) is 5.26 Å². The van der Waals surface area contributed by atoms with Crippen molar-refractivity contribution in [1.29, 1.82) is 5.26 Å². The maximum absolute atomic E-state index is 9.20. The van der Waals surface area contributed by atoms with Gasteiger partial charge in [0.1, 0.15) is 17.6 Å². The summed E-state index contributed by atoms with van der Waals surface area (Å²) in [5.74, 6) is 2.06. The van der Waals surface area contributed by atoms with E-state index >= 15 is 0 Å². The fraction of sp³-hybridized carbons (Fsp3) is 0.111. The van der Waals surface area contributed by atoms with E-state index in [4.69, 9.17) is 13.9 Å². The van der Waals surface area contributed by atoms with Crippen molar-refractivity contribution < 1.29 is 13.9 Å². The summed E-state index contributed by atoms with van der Waals surface area (Å²) in [7, 11) is 1.60. The van der Waals surface area contributed by atoms with Crippen LogP contribution in [-0.2, 0) is 6.61 Å². The highest BCUT2D eigenvalue weighted by atomic mass is 16.5. The Morgan fingerprint density at radius 2 is 1.83 bits per heavy atom. The van der Waals surface area contributed by atoms with Crippen LogP contribution in [0.1, 0.15) is 11.6 Å². The zero-order chi connectivity index (χ0) is 16.8. The van der Waals surface area contributed by atoms with Gasteiger partial charge in [-0.2, -0.15) is 10.2 Å². The molecular weight excluding hydrogens is 306 g/mol. The van der Waals surface area contributed by atoms with Gasteiger partial charge in [0.05, 0.1) is 7.11 Å². The van der Waals surface area contributed by atoms with Gasteiger partial charge in [-0.25, -0.2) is 0 Å². The van der Waals surface area contributed by atoms with Gasteiger partial charge in [-0.05, 0) is 36.4 Å². The molecule has 0 aliphatic rings. The summed E-state index contributed by atoms with van der Waals surface area (Å²) >= 11 is 0. The fourth-order valence-corrected chi connectivity index (χ4v) is 2.05. The second-order valence-corrected chi connectivity index (χ2v) is 4.85. The van der Waals surface area contributed by atoms with E-state index in [0.717, 1.165) is 11.4 Å². The number of nitrogens with one attached hydrogen (secondary N) is 1. The Morgan fingerprint density at radius 3 is 2.50 bits per heavy atom. The second kappa shape index (κ2) is 7.20. The quantitative estimate of drug-likeness (QED) is 0.742. The Balaban J connectivity index is 1.71. The van der Waals surface area contributed by atoms with Crippen LogP contribution in [0, 0.1) is 11.3 Å². The molecule has 1 heterocycles. The zero-order valence-electron chi connectivity index (χ0n) is 13.0. The number of para-hydroxylation sites is 1. The molecule has 0 bridgehead atoms. The number of ether oxygens (including phenoxy) is 2. The molecule has 6 heteroatoms. The highest BCUT2D eigenvalue weighted by Crippen LogP contribution is 2.24. The minimum Gasteiger partial charge on any atom is -0.497 e. The lowest BCUT2D eigenvalue weighted by Gasteiger charge is -2.04. The van der Waals surface area contributed by atoms with Crippen molar-refractivity contribution in [3.63, 3.8) is 0 Å². The van der Waals surface area contributed by atoms with Gasteiger partial charge >= 0.3 is 0 Å². The number of benzene rings is 2. The first kappa shape index (κ1) is 15.4. The largest absolute Gasteiger partial charge is 0.497 e. The average Bonchev–Trinajstić information content (AvgIpc) is 3.03. The van der Waals surface area contributed by atoms with Crippen LogP contribution in [0.3, 0.4) is 0 Å². The summed E-state index contributed by atoms with van der Waals surface area (Å²) in [6, 6.07) is 18.6. The summed E-state index contributed by atoms with van der Waals surface area (Å²) in [4.78, 5) is 4.13. The molecule has 3 rings (SSSR count). The van der Waals surface area contributed by atoms with Crippen molar-refractivity contribution in [2.24, 2.45) is 0 Å². The molecule has 0 aliphatic heterocycles. The Hall–Kier alpha value is -3.46. The number of nitrogens with zero attached hydrogens (tertiary/aromatic N) is 2. The van der Waals surface area contributed by atoms with Gasteiger partial charge in [-0.15, -0.1) is 0 Å². The van der Waals surface area contributed by atoms with E-state index in [1.165, 1.54) is 0 Å². The first-order valence-electron chi connectivity index (χ1n) is 7.27. The second-order valence-electron chi connectivity index (χ2n) is 4.85. The molecule has 0 fully saturated rings. The third-order valence-corrected chi connectivity index (χ3v) is 3.23. The number of aromatic nitrogens is 1. The van der Waals surface area contributed by atoms with Crippen molar-refractivity contribution in [1.82, 2.24) is 4.98 Å². The molecule has 0 saturated carbocycles. The number of hydrogen-bond acceptors (Lipinski definition) is 6. The molecule has 0 amide bonds. The Kier molecular flexibility index (Phi) is 4.63. The van der Waals surface area contributed by atoms with Gasteiger partial charge in [-0.1, -0.05) is 18.2 Å². The van der Waals surface area contributed by atoms with Gasteiger partial charge in [0.25, 0.3) is 0 Å². The first-order chi connectivity index (χ1) is 11.8. The molecule has 1 N–H and O–H groups in total. The molecule has 6 nitrogen and oxygen atoms in total. The molecule has 0 radical (unpaired) electrons. The predicted molar refractivity (Wildman–Crippen MR) is 88.3 cm³/mol. The number of oxazole rings is 1. The van der Waals surface area contributed by atoms with E-state index in [1.54, 1.807) is 7.11 Å². The molecule has 0 atom stereocenters. The number of anilines is 2. The Bertz CT molecular complexity index is 836. The third-order valence-electron chi connectivity index (χ3n) is 3.23. The molecule has 0 spiro atoms. The van der Waals surface area contributed by atoms with Gasteiger partial charge in [-0.3, -0.25) is 0 Å². The van der Waals surface area contributed by atoms with Crippen LogP contribution in [0.5, 0.6) is 11.5 Å². The molecule has 0 unspecified atom stereocenters. The summed E-state index contributed by atoms with van der Waals surface area (Å²) < 4.78 is 16.3. The van der Waals surface area contributed by atoms with Crippen LogP contribution in [0.25, 0.3) is 0 Å². The summed E-state index contributed by atoms with van der Waals surface area (Å²) in [5.41, 5.74) is 0.941. The molecule has 0 aliphatic carbocycles. The molecular formula is C18H15N3O3. The van der Waals surface area contributed by atoms with Gasteiger partial charge in [0, 0.05) is 5.69 Å². The van der Waals surface area contributed by atoms with Crippen molar-refractivity contribution in [3.05, 3.63) is 66.2 Å². The van der Waals surface area contributed by atoms with Crippen LogP contribution >= 0.6 is 0 Å². The lowest BCUT2D eigenvalue weighted by molar-refractivity contribution is 0.265. The van der Waals surface area contributed by atoms with Crippen LogP contribution < -0.4 is 14.8 Å². The van der Waals surface area contributed by atoms with Gasteiger partial charge in [0.2, 0.25) is 17.5 Å². The zero-order valence-corrected chi connectivity index (χ0v) is 13.0. The number of rotatable bonds is 6. The Labute approximate surface area is 139 Å². The first-order valence-corrected chi connectivity index (χ1v) is 7.27. The average molecular weight is 321 g/mol. The van der Waals surface area contributed by atoms with Crippen molar-refractivity contribution in [2.45, 2.75) is 6.61 Å². The van der Waals surface area contributed by atoms with Crippen molar-refractivity contribution in [3.8, 4) is 17.6 Å². The SMILES string of the molecule is COc1ccc(Nc2oc(COc3ccccc3)nc2C#N)cc1. The topological polar surface area (TPSA) is 80.3 Å². The summed E-state index contributed by atoms with van der Waals surface area (Å²) in [6.07, 6.45) is 0. The van der Waals surface area contributed by atoms with E-state index in [0.29, 0.717) is 11.6 Å². The summed E-state index contributed by atoms with van der Waals surface area (Å²) in [5, 5.41) is 12.2.